The Morgan fingerprint density at radius 2 is 2.06 bits per heavy atom. The maximum Gasteiger partial charge on any atom is 0.279 e. The summed E-state index contributed by atoms with van der Waals surface area (Å²) in [5.74, 6) is -1.46. The van der Waals surface area contributed by atoms with Crippen LogP contribution in [0, 0.1) is 10.1 Å². The first-order chi connectivity index (χ1) is 7.61. The van der Waals surface area contributed by atoms with E-state index in [1.165, 1.54) is 30.5 Å². The largest absolute Gasteiger partial charge is 0.545 e. The van der Waals surface area contributed by atoms with Gasteiger partial charge in [-0.1, -0.05) is 6.07 Å². The lowest BCUT2D eigenvalue weighted by Gasteiger charge is -2.06. The summed E-state index contributed by atoms with van der Waals surface area (Å²) in [6, 6.07) is 5.38. The van der Waals surface area contributed by atoms with Crippen molar-refractivity contribution in [2.24, 2.45) is 0 Å². The van der Waals surface area contributed by atoms with Gasteiger partial charge < -0.3 is 9.90 Å². The van der Waals surface area contributed by atoms with Gasteiger partial charge in [-0.3, -0.25) is 15.1 Å². The molecule has 0 aliphatic rings. The third-order valence-corrected chi connectivity index (χ3v) is 2.16. The highest BCUT2D eigenvalue weighted by atomic mass is 16.6. The molecule has 0 fully saturated rings. The molecular weight excluding hydrogens is 212 g/mol. The molecule has 0 aliphatic carbocycles. The van der Waals surface area contributed by atoms with Crippen LogP contribution in [0.3, 0.4) is 0 Å². The number of nitro groups is 1. The van der Waals surface area contributed by atoms with Gasteiger partial charge in [0.2, 0.25) is 0 Å². The van der Waals surface area contributed by atoms with Crippen molar-refractivity contribution in [2.45, 2.75) is 0 Å². The molecule has 0 aliphatic heterocycles. The van der Waals surface area contributed by atoms with Crippen LogP contribution in [0.2, 0.25) is 0 Å². The quantitative estimate of drug-likeness (QED) is 0.539. The minimum absolute atomic E-state index is 0.00463. The Labute approximate surface area is 89.3 Å². The van der Waals surface area contributed by atoms with Crippen molar-refractivity contribution in [1.82, 2.24) is 4.98 Å². The topological polar surface area (TPSA) is 96.2 Å². The second-order valence-corrected chi connectivity index (χ2v) is 3.07. The van der Waals surface area contributed by atoms with Gasteiger partial charge in [-0.05, 0) is 12.1 Å². The van der Waals surface area contributed by atoms with Crippen molar-refractivity contribution in [3.8, 4) is 0 Å². The third-order valence-electron chi connectivity index (χ3n) is 2.16. The second-order valence-electron chi connectivity index (χ2n) is 3.07. The average molecular weight is 217 g/mol. The Balaban J connectivity index is 2.92. The number of carbonyl (C=O) groups is 1. The summed E-state index contributed by atoms with van der Waals surface area (Å²) in [6.45, 7) is 0. The third kappa shape index (κ3) is 1.46. The van der Waals surface area contributed by atoms with Gasteiger partial charge >= 0.3 is 0 Å². The Bertz CT molecular complexity index is 546. The number of hydrogen-bond acceptors (Lipinski definition) is 5. The molecule has 0 N–H and O–H groups in total. The molecule has 0 saturated carbocycles. The molecule has 1 heterocycles. The van der Waals surface area contributed by atoms with E-state index in [1.54, 1.807) is 0 Å². The monoisotopic (exact) mass is 217 g/mol. The molecule has 0 spiro atoms. The molecule has 1 aromatic carbocycles. The van der Waals surface area contributed by atoms with Crippen LogP contribution >= 0.6 is 0 Å². The number of rotatable bonds is 2. The Morgan fingerprint density at radius 1 is 1.31 bits per heavy atom. The van der Waals surface area contributed by atoms with E-state index >= 15 is 0 Å². The number of carboxylic acid groups (broad SMARTS) is 1. The van der Waals surface area contributed by atoms with Crippen LogP contribution in [-0.4, -0.2) is 15.9 Å². The van der Waals surface area contributed by atoms with E-state index in [-0.39, 0.29) is 22.2 Å². The first kappa shape index (κ1) is 10.0. The fourth-order valence-corrected chi connectivity index (χ4v) is 1.51. The van der Waals surface area contributed by atoms with Crippen molar-refractivity contribution >= 4 is 22.6 Å². The molecule has 1 aromatic heterocycles. The molecule has 0 saturated heterocycles. The average Bonchev–Trinajstić information content (AvgIpc) is 2.27. The Morgan fingerprint density at radius 3 is 2.69 bits per heavy atom. The molecule has 6 heteroatoms. The van der Waals surface area contributed by atoms with Crippen LogP contribution in [0.4, 0.5) is 5.69 Å². The molecule has 2 rings (SSSR count). The summed E-state index contributed by atoms with van der Waals surface area (Å²) in [5.41, 5.74) is -0.252. The molecule has 2 aromatic rings. The van der Waals surface area contributed by atoms with Crippen molar-refractivity contribution in [3.05, 3.63) is 46.1 Å². The minimum Gasteiger partial charge on any atom is -0.545 e. The van der Waals surface area contributed by atoms with Gasteiger partial charge in [0.15, 0.2) is 0 Å². The van der Waals surface area contributed by atoms with E-state index in [9.17, 15) is 20.0 Å². The van der Waals surface area contributed by atoms with Crippen LogP contribution in [-0.2, 0) is 0 Å². The summed E-state index contributed by atoms with van der Waals surface area (Å²) in [6.07, 6.45) is 1.27. The number of nitro benzene ring substituents is 1. The number of pyridine rings is 1. The molecule has 0 radical (unpaired) electrons. The molecule has 0 atom stereocenters. The van der Waals surface area contributed by atoms with Gasteiger partial charge in [-0.15, -0.1) is 0 Å². The molecule has 16 heavy (non-hydrogen) atoms. The summed E-state index contributed by atoms with van der Waals surface area (Å²) in [5, 5.41) is 21.6. The van der Waals surface area contributed by atoms with E-state index in [0.717, 1.165) is 0 Å². The zero-order chi connectivity index (χ0) is 11.7. The molecule has 0 unspecified atom stereocenters. The zero-order valence-electron chi connectivity index (χ0n) is 7.91. The number of nitrogens with zero attached hydrogens (tertiary/aromatic N) is 2. The van der Waals surface area contributed by atoms with Gasteiger partial charge in [0.1, 0.15) is 0 Å². The maximum atomic E-state index is 10.8. The predicted molar refractivity (Wildman–Crippen MR) is 52.7 cm³/mol. The van der Waals surface area contributed by atoms with Crippen molar-refractivity contribution < 1.29 is 14.8 Å². The number of non-ortho nitro benzene ring substituents is 1. The highest BCUT2D eigenvalue weighted by Crippen LogP contribution is 2.26. The number of carbonyl (C=O) groups excluding carboxylic acids is 1. The zero-order valence-corrected chi connectivity index (χ0v) is 7.91. The molecule has 0 bridgehead atoms. The lowest BCUT2D eigenvalue weighted by Crippen LogP contribution is -2.22. The number of carboxylic acids is 1. The number of aromatic nitrogens is 1. The normalized spacial score (nSPS) is 10.2. The molecule has 0 amide bonds. The standard InChI is InChI=1S/C10H6N2O4/c13-10(14)6-4-5-11-7-2-1-3-8(9(6)7)12(15)16/h1-5H,(H,13,14)/p-1. The summed E-state index contributed by atoms with van der Waals surface area (Å²) < 4.78 is 0. The smallest absolute Gasteiger partial charge is 0.279 e. The number of benzene rings is 1. The van der Waals surface area contributed by atoms with Crippen LogP contribution in [0.1, 0.15) is 10.4 Å². The second kappa shape index (κ2) is 3.58. The van der Waals surface area contributed by atoms with E-state index in [4.69, 9.17) is 0 Å². The van der Waals surface area contributed by atoms with Crippen LogP contribution < -0.4 is 5.11 Å². The SMILES string of the molecule is O=C([O-])c1ccnc2cccc([N+](=O)[O-])c12. The Hall–Kier alpha value is -2.50. The van der Waals surface area contributed by atoms with Gasteiger partial charge in [0, 0.05) is 17.8 Å². The number of aromatic carboxylic acids is 1. The van der Waals surface area contributed by atoms with E-state index in [0.29, 0.717) is 0 Å². The van der Waals surface area contributed by atoms with E-state index in [1.807, 2.05) is 0 Å². The van der Waals surface area contributed by atoms with Gasteiger partial charge in [-0.2, -0.15) is 0 Å². The Kier molecular flexibility index (Phi) is 2.24. The summed E-state index contributed by atoms with van der Waals surface area (Å²) in [7, 11) is 0. The van der Waals surface area contributed by atoms with Crippen LogP contribution in [0.5, 0.6) is 0 Å². The summed E-state index contributed by atoms with van der Waals surface area (Å²) >= 11 is 0. The molecule has 80 valence electrons. The van der Waals surface area contributed by atoms with Crippen molar-refractivity contribution in [1.29, 1.82) is 0 Å². The highest BCUT2D eigenvalue weighted by molar-refractivity contribution is 6.05. The van der Waals surface area contributed by atoms with E-state index in [2.05, 4.69) is 4.98 Å². The van der Waals surface area contributed by atoms with Gasteiger partial charge in [0.05, 0.1) is 21.8 Å². The van der Waals surface area contributed by atoms with Crippen LogP contribution in [0.15, 0.2) is 30.5 Å². The summed E-state index contributed by atoms with van der Waals surface area (Å²) in [4.78, 5) is 24.8. The van der Waals surface area contributed by atoms with E-state index < -0.39 is 10.9 Å². The molecule has 6 nitrogen and oxygen atoms in total. The van der Waals surface area contributed by atoms with Crippen LogP contribution in [0.25, 0.3) is 10.9 Å². The van der Waals surface area contributed by atoms with Crippen molar-refractivity contribution in [2.75, 3.05) is 0 Å². The number of fused-ring (bicyclic) bond motifs is 1. The maximum absolute atomic E-state index is 10.8. The van der Waals surface area contributed by atoms with Crippen molar-refractivity contribution in [3.63, 3.8) is 0 Å². The first-order valence-corrected chi connectivity index (χ1v) is 4.34. The lowest BCUT2D eigenvalue weighted by atomic mass is 10.1. The fourth-order valence-electron chi connectivity index (χ4n) is 1.51. The number of hydrogen-bond donors (Lipinski definition) is 0. The highest BCUT2D eigenvalue weighted by Gasteiger charge is 2.15. The first-order valence-electron chi connectivity index (χ1n) is 4.34. The predicted octanol–water partition coefficient (Wildman–Crippen LogP) is 0.506. The minimum atomic E-state index is -1.46. The fraction of sp³-hybridized carbons (Fsp3) is 0. The van der Waals surface area contributed by atoms with Gasteiger partial charge in [-0.25, -0.2) is 0 Å². The lowest BCUT2D eigenvalue weighted by molar-refractivity contribution is -0.383. The molecular formula is C10H5N2O4-. The van der Waals surface area contributed by atoms with Gasteiger partial charge in [0.25, 0.3) is 5.69 Å².